The van der Waals surface area contributed by atoms with Crippen LogP contribution in [-0.2, 0) is 6.54 Å². The molecule has 5 heteroatoms. The van der Waals surface area contributed by atoms with Gasteiger partial charge in [0, 0.05) is 26.3 Å². The van der Waals surface area contributed by atoms with Gasteiger partial charge in [0.05, 0.1) is 17.8 Å². The van der Waals surface area contributed by atoms with E-state index in [9.17, 15) is 4.79 Å². The number of fused-ring (bicyclic) bond motifs is 1. The van der Waals surface area contributed by atoms with E-state index in [1.807, 2.05) is 0 Å². The summed E-state index contributed by atoms with van der Waals surface area (Å²) in [5.74, 6) is 0.816. The highest BCUT2D eigenvalue weighted by Crippen LogP contribution is 2.22. The normalized spacial score (nSPS) is 19.7. The van der Waals surface area contributed by atoms with E-state index in [0.29, 0.717) is 12.1 Å². The summed E-state index contributed by atoms with van der Waals surface area (Å²) in [5.41, 5.74) is 1.53. The number of carbonyl (C=O) groups is 1. The van der Waals surface area contributed by atoms with Gasteiger partial charge in [0.25, 0.3) is 5.91 Å². The minimum atomic E-state index is 0.0326. The molecule has 1 saturated heterocycles. The first-order valence-corrected chi connectivity index (χ1v) is 6.12. The average Bonchev–Trinajstić information content (AvgIpc) is 2.66. The fraction of sp³-hybridized carbons (Fsp3) is 0.583. The van der Waals surface area contributed by atoms with Crippen molar-refractivity contribution in [2.24, 2.45) is 0 Å². The van der Waals surface area contributed by atoms with Crippen LogP contribution in [-0.4, -0.2) is 40.9 Å². The molecular weight excluding hydrogens is 216 g/mol. The van der Waals surface area contributed by atoms with E-state index in [2.05, 4.69) is 14.9 Å². The van der Waals surface area contributed by atoms with Gasteiger partial charge in [-0.25, -0.2) is 9.97 Å². The Morgan fingerprint density at radius 3 is 2.76 bits per heavy atom. The summed E-state index contributed by atoms with van der Waals surface area (Å²) in [7, 11) is 1.80. The Labute approximate surface area is 100 Å². The van der Waals surface area contributed by atoms with Crippen LogP contribution in [0.25, 0.3) is 0 Å². The third-order valence-corrected chi connectivity index (χ3v) is 3.46. The number of hydrogen-bond acceptors (Lipinski definition) is 4. The van der Waals surface area contributed by atoms with E-state index >= 15 is 0 Å². The molecular formula is C12H16N4O. The van der Waals surface area contributed by atoms with E-state index in [0.717, 1.165) is 24.7 Å². The van der Waals surface area contributed by atoms with E-state index in [4.69, 9.17) is 0 Å². The van der Waals surface area contributed by atoms with Crippen molar-refractivity contribution in [3.63, 3.8) is 0 Å². The first-order valence-electron chi connectivity index (χ1n) is 6.12. The van der Waals surface area contributed by atoms with Crippen LogP contribution in [0, 0.1) is 0 Å². The van der Waals surface area contributed by atoms with Gasteiger partial charge in [0.15, 0.2) is 0 Å². The van der Waals surface area contributed by atoms with Crippen molar-refractivity contribution < 1.29 is 4.79 Å². The van der Waals surface area contributed by atoms with Gasteiger partial charge in [-0.15, -0.1) is 0 Å². The van der Waals surface area contributed by atoms with Crippen molar-refractivity contribution in [1.82, 2.24) is 14.9 Å². The Morgan fingerprint density at radius 2 is 2.00 bits per heavy atom. The Balaban J connectivity index is 1.89. The van der Waals surface area contributed by atoms with Gasteiger partial charge in [0.1, 0.15) is 0 Å². The SMILES string of the molecule is CN1Cc2nc(N3CCCCC3)ncc2C1=O. The fourth-order valence-electron chi connectivity index (χ4n) is 2.45. The van der Waals surface area contributed by atoms with Gasteiger partial charge in [-0.1, -0.05) is 0 Å². The smallest absolute Gasteiger partial charge is 0.257 e. The van der Waals surface area contributed by atoms with Crippen molar-refractivity contribution in [3.8, 4) is 0 Å². The molecule has 0 saturated carbocycles. The second-order valence-electron chi connectivity index (χ2n) is 4.74. The van der Waals surface area contributed by atoms with Gasteiger partial charge < -0.3 is 9.80 Å². The summed E-state index contributed by atoms with van der Waals surface area (Å²) >= 11 is 0. The van der Waals surface area contributed by atoms with Crippen LogP contribution in [0.2, 0.25) is 0 Å². The van der Waals surface area contributed by atoms with Gasteiger partial charge >= 0.3 is 0 Å². The van der Waals surface area contributed by atoms with Crippen LogP contribution in [0.3, 0.4) is 0 Å². The number of piperidine rings is 1. The molecule has 5 nitrogen and oxygen atoms in total. The first kappa shape index (κ1) is 10.5. The highest BCUT2D eigenvalue weighted by Gasteiger charge is 2.27. The number of rotatable bonds is 1. The Kier molecular flexibility index (Phi) is 2.46. The minimum Gasteiger partial charge on any atom is -0.341 e. The maximum Gasteiger partial charge on any atom is 0.257 e. The van der Waals surface area contributed by atoms with Gasteiger partial charge in [-0.2, -0.15) is 0 Å². The molecule has 0 aromatic carbocycles. The molecule has 1 aromatic rings. The van der Waals surface area contributed by atoms with Crippen molar-refractivity contribution in [1.29, 1.82) is 0 Å². The zero-order valence-electron chi connectivity index (χ0n) is 10.0. The maximum atomic E-state index is 11.7. The highest BCUT2D eigenvalue weighted by atomic mass is 16.2. The largest absolute Gasteiger partial charge is 0.341 e. The predicted molar refractivity (Wildman–Crippen MR) is 63.9 cm³/mol. The standard InChI is InChI=1S/C12H16N4O/c1-15-8-10-9(11(15)17)7-13-12(14-10)16-5-3-2-4-6-16/h7H,2-6,8H2,1H3. The third-order valence-electron chi connectivity index (χ3n) is 3.46. The molecule has 0 bridgehead atoms. The van der Waals surface area contributed by atoms with Gasteiger partial charge in [-0.05, 0) is 19.3 Å². The summed E-state index contributed by atoms with van der Waals surface area (Å²) in [4.78, 5) is 24.5. The van der Waals surface area contributed by atoms with E-state index in [-0.39, 0.29) is 5.91 Å². The lowest BCUT2D eigenvalue weighted by Crippen LogP contribution is -2.31. The molecule has 3 rings (SSSR count). The number of carbonyl (C=O) groups excluding carboxylic acids is 1. The van der Waals surface area contributed by atoms with Crippen molar-refractivity contribution >= 4 is 11.9 Å². The molecule has 1 amide bonds. The van der Waals surface area contributed by atoms with Gasteiger partial charge in [-0.3, -0.25) is 4.79 Å². The van der Waals surface area contributed by atoms with Crippen LogP contribution in [0.5, 0.6) is 0 Å². The van der Waals surface area contributed by atoms with Gasteiger partial charge in [0.2, 0.25) is 5.95 Å². The zero-order valence-corrected chi connectivity index (χ0v) is 10.0. The van der Waals surface area contributed by atoms with Crippen molar-refractivity contribution in [2.45, 2.75) is 25.8 Å². The second kappa shape index (κ2) is 3.98. The summed E-state index contributed by atoms with van der Waals surface area (Å²) in [6.45, 7) is 2.67. The first-order chi connectivity index (χ1) is 8.25. The lowest BCUT2D eigenvalue weighted by molar-refractivity contribution is 0.0816. The molecule has 0 atom stereocenters. The van der Waals surface area contributed by atoms with Crippen LogP contribution >= 0.6 is 0 Å². The second-order valence-corrected chi connectivity index (χ2v) is 4.74. The number of hydrogen-bond donors (Lipinski definition) is 0. The molecule has 17 heavy (non-hydrogen) atoms. The third kappa shape index (κ3) is 1.75. The molecule has 0 radical (unpaired) electrons. The molecule has 0 unspecified atom stereocenters. The van der Waals surface area contributed by atoms with Crippen LogP contribution in [0.1, 0.15) is 35.3 Å². The molecule has 90 valence electrons. The zero-order chi connectivity index (χ0) is 11.8. The summed E-state index contributed by atoms with van der Waals surface area (Å²) in [6, 6.07) is 0. The van der Waals surface area contributed by atoms with E-state index < -0.39 is 0 Å². The number of aromatic nitrogens is 2. The predicted octanol–water partition coefficient (Wildman–Crippen LogP) is 1.05. The topological polar surface area (TPSA) is 49.3 Å². The lowest BCUT2D eigenvalue weighted by atomic mass is 10.1. The minimum absolute atomic E-state index is 0.0326. The molecule has 3 heterocycles. The molecule has 0 N–H and O–H groups in total. The Morgan fingerprint density at radius 1 is 1.24 bits per heavy atom. The molecule has 2 aliphatic rings. The van der Waals surface area contributed by atoms with E-state index in [1.54, 1.807) is 18.1 Å². The molecule has 1 fully saturated rings. The highest BCUT2D eigenvalue weighted by molar-refractivity contribution is 5.97. The molecule has 0 aliphatic carbocycles. The Hall–Kier alpha value is -1.65. The van der Waals surface area contributed by atoms with Crippen molar-refractivity contribution in [2.75, 3.05) is 25.0 Å². The molecule has 2 aliphatic heterocycles. The number of anilines is 1. The monoisotopic (exact) mass is 232 g/mol. The number of nitrogens with zero attached hydrogens (tertiary/aromatic N) is 4. The summed E-state index contributed by atoms with van der Waals surface area (Å²) in [6.07, 6.45) is 5.39. The average molecular weight is 232 g/mol. The van der Waals surface area contributed by atoms with Crippen LogP contribution < -0.4 is 4.90 Å². The number of amides is 1. The molecule has 1 aromatic heterocycles. The Bertz CT molecular complexity index is 454. The van der Waals surface area contributed by atoms with Crippen LogP contribution in [0.4, 0.5) is 5.95 Å². The van der Waals surface area contributed by atoms with E-state index in [1.165, 1.54) is 19.3 Å². The summed E-state index contributed by atoms with van der Waals surface area (Å²) < 4.78 is 0. The lowest BCUT2D eigenvalue weighted by Gasteiger charge is -2.26. The fourth-order valence-corrected chi connectivity index (χ4v) is 2.45. The summed E-state index contributed by atoms with van der Waals surface area (Å²) in [5, 5.41) is 0. The quantitative estimate of drug-likeness (QED) is 0.726. The van der Waals surface area contributed by atoms with Crippen LogP contribution in [0.15, 0.2) is 6.20 Å². The van der Waals surface area contributed by atoms with Crippen molar-refractivity contribution in [3.05, 3.63) is 17.5 Å². The molecule has 0 spiro atoms. The maximum absolute atomic E-state index is 11.7.